The number of esters is 1. The third-order valence-electron chi connectivity index (χ3n) is 6.06. The fraction of sp³-hybridized carbons (Fsp3) is 0.387. The number of hydrogen-bond acceptors (Lipinski definition) is 5. The Kier molecular flexibility index (Phi) is 12.8. The molecule has 0 bridgehead atoms. The molecular weight excluding hydrogens is 503 g/mol. The lowest BCUT2D eigenvalue weighted by molar-refractivity contribution is 0.0735. The summed E-state index contributed by atoms with van der Waals surface area (Å²) in [6, 6.07) is 17.4. The molecular formula is C31H36ClFN2O3. The van der Waals surface area contributed by atoms with Crippen molar-refractivity contribution in [3.8, 4) is 11.5 Å². The van der Waals surface area contributed by atoms with Gasteiger partial charge in [0.15, 0.2) is 0 Å². The molecule has 0 spiro atoms. The molecule has 0 atom stereocenters. The average molecular weight is 539 g/mol. The van der Waals surface area contributed by atoms with E-state index in [9.17, 15) is 9.18 Å². The van der Waals surface area contributed by atoms with Gasteiger partial charge in [-0.2, -0.15) is 10.2 Å². The maximum Gasteiger partial charge on any atom is 0.343 e. The highest BCUT2D eigenvalue weighted by molar-refractivity contribution is 6.32. The van der Waals surface area contributed by atoms with Gasteiger partial charge in [-0.15, -0.1) is 0 Å². The number of carbonyl (C=O) groups excluding carboxylic acids is 1. The lowest BCUT2D eigenvalue weighted by Crippen LogP contribution is -2.08. The van der Waals surface area contributed by atoms with E-state index in [4.69, 9.17) is 21.1 Å². The second-order valence-corrected chi connectivity index (χ2v) is 9.65. The Bertz CT molecular complexity index is 1170. The number of azo groups is 1. The molecule has 3 aromatic carbocycles. The lowest BCUT2D eigenvalue weighted by atomic mass is 10.1. The lowest BCUT2D eigenvalue weighted by Gasteiger charge is -2.09. The molecule has 0 aliphatic carbocycles. The van der Waals surface area contributed by atoms with E-state index in [1.54, 1.807) is 48.5 Å². The number of hydrogen-bond donors (Lipinski definition) is 0. The molecule has 0 heterocycles. The average Bonchev–Trinajstić information content (AvgIpc) is 2.92. The minimum Gasteiger partial charge on any atom is -0.494 e. The number of carbonyl (C=O) groups is 1. The van der Waals surface area contributed by atoms with Crippen LogP contribution in [-0.2, 0) is 0 Å². The maximum atomic E-state index is 13.3. The van der Waals surface area contributed by atoms with Gasteiger partial charge in [-0.05, 0) is 61.0 Å². The molecule has 0 saturated carbocycles. The molecule has 0 unspecified atom stereocenters. The van der Waals surface area contributed by atoms with E-state index in [0.29, 0.717) is 23.5 Å². The summed E-state index contributed by atoms with van der Waals surface area (Å²) in [6.45, 7) is 2.91. The van der Waals surface area contributed by atoms with Crippen LogP contribution in [0.4, 0.5) is 15.8 Å². The molecule has 202 valence electrons. The third kappa shape index (κ3) is 10.6. The van der Waals surface area contributed by atoms with E-state index < -0.39 is 11.8 Å². The zero-order chi connectivity index (χ0) is 27.0. The van der Waals surface area contributed by atoms with Gasteiger partial charge in [-0.3, -0.25) is 0 Å². The molecule has 5 nitrogen and oxygen atoms in total. The van der Waals surface area contributed by atoms with Crippen LogP contribution in [0, 0.1) is 5.82 Å². The normalized spacial score (nSPS) is 11.1. The number of rotatable bonds is 16. The number of nitrogens with zero attached hydrogens (tertiary/aromatic N) is 2. The van der Waals surface area contributed by atoms with Crippen molar-refractivity contribution in [3.63, 3.8) is 0 Å². The molecule has 0 aliphatic rings. The molecule has 3 aromatic rings. The van der Waals surface area contributed by atoms with Gasteiger partial charge >= 0.3 is 5.97 Å². The maximum absolute atomic E-state index is 13.3. The van der Waals surface area contributed by atoms with Gasteiger partial charge in [0.1, 0.15) is 17.3 Å². The van der Waals surface area contributed by atoms with Crippen molar-refractivity contribution in [1.82, 2.24) is 0 Å². The second-order valence-electron chi connectivity index (χ2n) is 9.24. The van der Waals surface area contributed by atoms with Gasteiger partial charge < -0.3 is 9.47 Å². The summed E-state index contributed by atoms with van der Waals surface area (Å²) in [5.41, 5.74) is 1.22. The third-order valence-corrected chi connectivity index (χ3v) is 6.36. The highest BCUT2D eigenvalue weighted by atomic mass is 35.5. The van der Waals surface area contributed by atoms with Crippen LogP contribution in [0.1, 0.15) is 81.5 Å². The van der Waals surface area contributed by atoms with Crippen LogP contribution in [0.25, 0.3) is 0 Å². The topological polar surface area (TPSA) is 60.2 Å². The SMILES string of the molecule is CCCCCCCCCCCCOc1ccc(C(=O)Oc2ccc(N=Nc3cccc(F)c3)cc2Cl)cc1. The Hall–Kier alpha value is -3.25. The molecule has 0 radical (unpaired) electrons. The van der Waals surface area contributed by atoms with Gasteiger partial charge in [0.25, 0.3) is 0 Å². The zero-order valence-electron chi connectivity index (χ0n) is 22.0. The summed E-state index contributed by atoms with van der Waals surface area (Å²) < 4.78 is 24.5. The predicted molar refractivity (Wildman–Crippen MR) is 151 cm³/mol. The number of benzene rings is 3. The van der Waals surface area contributed by atoms with E-state index in [2.05, 4.69) is 17.2 Å². The minimum atomic E-state index is -0.526. The Morgan fingerprint density at radius 1 is 0.789 bits per heavy atom. The monoisotopic (exact) mass is 538 g/mol. The summed E-state index contributed by atoms with van der Waals surface area (Å²) in [7, 11) is 0. The quantitative estimate of drug-likeness (QED) is 0.0788. The van der Waals surface area contributed by atoms with Crippen LogP contribution in [0.3, 0.4) is 0 Å². The van der Waals surface area contributed by atoms with Crippen molar-refractivity contribution in [2.75, 3.05) is 6.61 Å². The van der Waals surface area contributed by atoms with Crippen LogP contribution in [0.5, 0.6) is 11.5 Å². The molecule has 3 rings (SSSR count). The predicted octanol–water partition coefficient (Wildman–Crippen LogP) is 10.4. The summed E-state index contributed by atoms with van der Waals surface area (Å²) in [6.07, 6.45) is 12.8. The number of halogens is 2. The number of unbranched alkanes of at least 4 members (excludes halogenated alkanes) is 9. The molecule has 0 N–H and O–H groups in total. The van der Waals surface area contributed by atoms with Gasteiger partial charge in [0.2, 0.25) is 0 Å². The van der Waals surface area contributed by atoms with E-state index in [0.717, 1.165) is 12.2 Å². The number of ether oxygens (including phenoxy) is 2. The fourth-order valence-electron chi connectivity index (χ4n) is 3.91. The molecule has 0 amide bonds. The largest absolute Gasteiger partial charge is 0.494 e. The van der Waals surface area contributed by atoms with E-state index in [-0.39, 0.29) is 10.8 Å². The molecule has 0 aliphatic heterocycles. The van der Waals surface area contributed by atoms with Crippen LogP contribution in [0.2, 0.25) is 5.02 Å². The smallest absolute Gasteiger partial charge is 0.343 e. The van der Waals surface area contributed by atoms with E-state index >= 15 is 0 Å². The fourth-order valence-corrected chi connectivity index (χ4v) is 4.13. The van der Waals surface area contributed by atoms with Gasteiger partial charge in [0, 0.05) is 6.07 Å². The highest BCUT2D eigenvalue weighted by Gasteiger charge is 2.12. The Morgan fingerprint density at radius 3 is 2.05 bits per heavy atom. The molecule has 38 heavy (non-hydrogen) atoms. The summed E-state index contributed by atoms with van der Waals surface area (Å²) in [5, 5.41) is 8.25. The first-order valence-corrected chi connectivity index (χ1v) is 13.8. The first-order chi connectivity index (χ1) is 18.5. The van der Waals surface area contributed by atoms with Crippen molar-refractivity contribution in [3.05, 3.63) is 83.1 Å². The Morgan fingerprint density at radius 2 is 1.42 bits per heavy atom. The summed E-state index contributed by atoms with van der Waals surface area (Å²) in [4.78, 5) is 12.6. The van der Waals surface area contributed by atoms with Crippen LogP contribution < -0.4 is 9.47 Å². The van der Waals surface area contributed by atoms with Crippen LogP contribution >= 0.6 is 11.6 Å². The molecule has 0 saturated heterocycles. The first kappa shape index (κ1) is 29.3. The van der Waals surface area contributed by atoms with Crippen molar-refractivity contribution in [2.45, 2.75) is 71.1 Å². The molecule has 0 aromatic heterocycles. The van der Waals surface area contributed by atoms with E-state index in [1.807, 2.05) is 0 Å². The van der Waals surface area contributed by atoms with Crippen molar-refractivity contribution >= 4 is 28.9 Å². The zero-order valence-corrected chi connectivity index (χ0v) is 22.8. The second kappa shape index (κ2) is 16.6. The van der Waals surface area contributed by atoms with Gasteiger partial charge in [0.05, 0.1) is 28.6 Å². The first-order valence-electron chi connectivity index (χ1n) is 13.5. The molecule has 7 heteroatoms. The standard InChI is InChI=1S/C31H36ClFN2O3/c1-2-3-4-5-6-7-8-9-10-11-21-37-28-18-15-24(16-19-28)31(36)38-30-20-17-27(23-29(30)32)35-34-26-14-12-13-25(33)22-26/h12-20,22-23H,2-11,21H2,1H3. The van der Waals surface area contributed by atoms with Crippen molar-refractivity contribution in [2.24, 2.45) is 10.2 Å². The van der Waals surface area contributed by atoms with Crippen LogP contribution in [-0.4, -0.2) is 12.6 Å². The Balaban J connectivity index is 1.37. The summed E-state index contributed by atoms with van der Waals surface area (Å²) in [5.74, 6) is 0.0175. The Labute approximate surface area is 230 Å². The van der Waals surface area contributed by atoms with Gasteiger partial charge in [-0.1, -0.05) is 82.4 Å². The molecule has 0 fully saturated rings. The summed E-state index contributed by atoms with van der Waals surface area (Å²) >= 11 is 6.27. The van der Waals surface area contributed by atoms with Crippen molar-refractivity contribution in [1.29, 1.82) is 0 Å². The van der Waals surface area contributed by atoms with E-state index in [1.165, 1.54) is 76.0 Å². The van der Waals surface area contributed by atoms with Gasteiger partial charge in [-0.25, -0.2) is 9.18 Å². The van der Waals surface area contributed by atoms with Crippen molar-refractivity contribution < 1.29 is 18.7 Å². The highest BCUT2D eigenvalue weighted by Crippen LogP contribution is 2.31. The minimum absolute atomic E-state index is 0.211. The van der Waals surface area contributed by atoms with Crippen LogP contribution in [0.15, 0.2) is 77.0 Å².